The number of para-hydroxylation sites is 4. The molecule has 3 rings (SSSR count). The molecule has 0 spiro atoms. The van der Waals surface area contributed by atoms with Crippen LogP contribution in [0.3, 0.4) is 0 Å². The Hall–Kier alpha value is -3.19. The maximum Gasteiger partial charge on any atom is 0.260 e. The molecular formula is C19H17N3O3S. The molecule has 1 heterocycles. The molecule has 7 heteroatoms. The van der Waals surface area contributed by atoms with Gasteiger partial charge in [0.05, 0.1) is 29.4 Å². The molecule has 0 fully saturated rings. The molecule has 1 amide bonds. The topological polar surface area (TPSA) is 76.1 Å². The van der Waals surface area contributed by atoms with Gasteiger partial charge in [0.1, 0.15) is 5.75 Å². The van der Waals surface area contributed by atoms with Gasteiger partial charge in [-0.05, 0) is 43.4 Å². The van der Waals surface area contributed by atoms with E-state index in [1.807, 2.05) is 24.3 Å². The summed E-state index contributed by atoms with van der Waals surface area (Å²) in [6.45, 7) is 1.34. The molecule has 0 aliphatic rings. The number of Topliss-reactive ketones (excluding diaryl/α,β-unsaturated/α-hetero) is 1. The molecule has 1 aromatic heterocycles. The van der Waals surface area contributed by atoms with E-state index in [4.69, 9.17) is 17.0 Å². The number of carbonyl (C=O) groups is 2. The van der Waals surface area contributed by atoms with E-state index in [1.54, 1.807) is 28.8 Å². The molecule has 26 heavy (non-hydrogen) atoms. The number of nitrogens with one attached hydrogen (secondary N) is 2. The highest BCUT2D eigenvalue weighted by atomic mass is 32.1. The van der Waals surface area contributed by atoms with Crippen molar-refractivity contribution >= 4 is 46.8 Å². The van der Waals surface area contributed by atoms with Crippen LogP contribution in [0.25, 0.3) is 17.2 Å². The van der Waals surface area contributed by atoms with E-state index in [0.717, 1.165) is 11.0 Å². The van der Waals surface area contributed by atoms with E-state index in [9.17, 15) is 9.59 Å². The van der Waals surface area contributed by atoms with Crippen molar-refractivity contribution in [2.24, 2.45) is 0 Å². The van der Waals surface area contributed by atoms with Gasteiger partial charge >= 0.3 is 0 Å². The molecular weight excluding hydrogens is 350 g/mol. The number of ether oxygens (including phenoxy) is 1. The SMILES string of the molecule is COc1ccccc1NC(=O)C(=Cn1c(=S)[nH]c2ccccc21)C(C)=O. The van der Waals surface area contributed by atoms with Gasteiger partial charge in [0, 0.05) is 6.20 Å². The second-order valence-electron chi connectivity index (χ2n) is 5.57. The van der Waals surface area contributed by atoms with Crippen LogP contribution in [0.2, 0.25) is 0 Å². The van der Waals surface area contributed by atoms with Crippen LogP contribution in [0.4, 0.5) is 5.69 Å². The molecule has 0 unspecified atom stereocenters. The smallest absolute Gasteiger partial charge is 0.260 e. The Morgan fingerprint density at radius 3 is 2.58 bits per heavy atom. The Morgan fingerprint density at radius 2 is 1.85 bits per heavy atom. The van der Waals surface area contributed by atoms with E-state index < -0.39 is 5.91 Å². The normalized spacial score (nSPS) is 11.4. The predicted octanol–water partition coefficient (Wildman–Crippen LogP) is 3.78. The van der Waals surface area contributed by atoms with Gasteiger partial charge in [-0.15, -0.1) is 0 Å². The first kappa shape index (κ1) is 17.6. The molecule has 2 aromatic carbocycles. The lowest BCUT2D eigenvalue weighted by Gasteiger charge is -2.11. The van der Waals surface area contributed by atoms with Crippen LogP contribution in [0, 0.1) is 4.77 Å². The first-order chi connectivity index (χ1) is 12.5. The summed E-state index contributed by atoms with van der Waals surface area (Å²) in [4.78, 5) is 27.8. The zero-order valence-electron chi connectivity index (χ0n) is 14.3. The molecule has 0 saturated heterocycles. The van der Waals surface area contributed by atoms with Crippen molar-refractivity contribution in [3.05, 3.63) is 58.9 Å². The minimum atomic E-state index is -0.533. The molecule has 0 radical (unpaired) electrons. The monoisotopic (exact) mass is 367 g/mol. The van der Waals surface area contributed by atoms with E-state index in [1.165, 1.54) is 20.2 Å². The average molecular weight is 367 g/mol. The maximum atomic E-state index is 12.7. The molecule has 3 aromatic rings. The fourth-order valence-electron chi connectivity index (χ4n) is 2.58. The van der Waals surface area contributed by atoms with Crippen molar-refractivity contribution in [3.63, 3.8) is 0 Å². The van der Waals surface area contributed by atoms with Gasteiger partial charge in [0.2, 0.25) is 0 Å². The van der Waals surface area contributed by atoms with Crippen molar-refractivity contribution in [1.82, 2.24) is 9.55 Å². The predicted molar refractivity (Wildman–Crippen MR) is 104 cm³/mol. The van der Waals surface area contributed by atoms with Crippen LogP contribution >= 0.6 is 12.2 Å². The largest absolute Gasteiger partial charge is 0.495 e. The number of carbonyl (C=O) groups excluding carboxylic acids is 2. The van der Waals surface area contributed by atoms with Crippen LogP contribution in [0.1, 0.15) is 6.92 Å². The van der Waals surface area contributed by atoms with Crippen molar-refractivity contribution in [1.29, 1.82) is 0 Å². The van der Waals surface area contributed by atoms with Gasteiger partial charge < -0.3 is 15.0 Å². The van der Waals surface area contributed by atoms with Crippen molar-refractivity contribution in [2.75, 3.05) is 12.4 Å². The third-order valence-electron chi connectivity index (χ3n) is 3.86. The number of fused-ring (bicyclic) bond motifs is 1. The minimum Gasteiger partial charge on any atom is -0.495 e. The van der Waals surface area contributed by atoms with Crippen LogP contribution in [0.15, 0.2) is 54.1 Å². The number of amides is 1. The van der Waals surface area contributed by atoms with E-state index in [-0.39, 0.29) is 11.4 Å². The molecule has 0 aliphatic heterocycles. The number of aromatic amines is 1. The van der Waals surface area contributed by atoms with Crippen LogP contribution in [-0.2, 0) is 9.59 Å². The number of anilines is 1. The Morgan fingerprint density at radius 1 is 1.15 bits per heavy atom. The molecule has 2 N–H and O–H groups in total. The number of hydrogen-bond acceptors (Lipinski definition) is 4. The number of ketones is 1. The highest BCUT2D eigenvalue weighted by Crippen LogP contribution is 2.24. The minimum absolute atomic E-state index is 0.0169. The zero-order valence-corrected chi connectivity index (χ0v) is 15.1. The molecule has 6 nitrogen and oxygen atoms in total. The Labute approximate surface area is 155 Å². The third kappa shape index (κ3) is 3.43. The van der Waals surface area contributed by atoms with Gasteiger partial charge in [0.25, 0.3) is 5.91 Å². The lowest BCUT2D eigenvalue weighted by atomic mass is 10.1. The number of methoxy groups -OCH3 is 1. The van der Waals surface area contributed by atoms with Gasteiger partial charge in [0.15, 0.2) is 10.6 Å². The van der Waals surface area contributed by atoms with Gasteiger partial charge in [-0.2, -0.15) is 0 Å². The summed E-state index contributed by atoms with van der Waals surface area (Å²) in [6, 6.07) is 14.5. The number of hydrogen-bond donors (Lipinski definition) is 2. The molecule has 0 saturated carbocycles. The summed E-state index contributed by atoms with van der Waals surface area (Å²) in [6.07, 6.45) is 1.45. The second kappa shape index (κ2) is 7.37. The number of imidazole rings is 1. The van der Waals surface area contributed by atoms with E-state index in [2.05, 4.69) is 10.3 Å². The molecule has 0 aliphatic carbocycles. The lowest BCUT2D eigenvalue weighted by Crippen LogP contribution is -2.20. The van der Waals surface area contributed by atoms with Crippen LogP contribution < -0.4 is 10.1 Å². The van der Waals surface area contributed by atoms with E-state index >= 15 is 0 Å². The van der Waals surface area contributed by atoms with E-state index in [0.29, 0.717) is 16.2 Å². The number of benzene rings is 2. The fraction of sp³-hybridized carbons (Fsp3) is 0.105. The van der Waals surface area contributed by atoms with Gasteiger partial charge in [-0.3, -0.25) is 14.2 Å². The van der Waals surface area contributed by atoms with Gasteiger partial charge in [-0.25, -0.2) is 0 Å². The Bertz CT molecular complexity index is 1080. The fourth-order valence-corrected chi connectivity index (χ4v) is 2.84. The average Bonchev–Trinajstić information content (AvgIpc) is 2.94. The molecule has 0 bridgehead atoms. The van der Waals surface area contributed by atoms with Crippen molar-refractivity contribution in [2.45, 2.75) is 6.92 Å². The second-order valence-corrected chi connectivity index (χ2v) is 5.96. The summed E-state index contributed by atoms with van der Waals surface area (Å²) < 4.78 is 7.24. The summed E-state index contributed by atoms with van der Waals surface area (Å²) in [5.41, 5.74) is 2.06. The highest BCUT2D eigenvalue weighted by molar-refractivity contribution is 7.71. The number of aromatic nitrogens is 2. The maximum absolute atomic E-state index is 12.7. The highest BCUT2D eigenvalue weighted by Gasteiger charge is 2.17. The van der Waals surface area contributed by atoms with Crippen LogP contribution in [0.5, 0.6) is 5.75 Å². The standard InChI is InChI=1S/C19H17N3O3S/c1-12(23)13(18(24)20-15-8-4-6-10-17(15)25-2)11-22-16-9-5-3-7-14(16)21-19(22)26/h3-11H,1-2H3,(H,20,24)(H,21,26). The summed E-state index contributed by atoms with van der Waals surface area (Å²) in [7, 11) is 1.51. The lowest BCUT2D eigenvalue weighted by molar-refractivity contribution is -0.118. The number of H-pyrrole nitrogens is 1. The number of nitrogens with zero attached hydrogens (tertiary/aromatic N) is 1. The molecule has 0 atom stereocenters. The summed E-state index contributed by atoms with van der Waals surface area (Å²) in [5.74, 6) is -0.397. The van der Waals surface area contributed by atoms with Gasteiger partial charge in [-0.1, -0.05) is 24.3 Å². The zero-order chi connectivity index (χ0) is 18.7. The Kier molecular flexibility index (Phi) is 4.99. The summed E-state index contributed by atoms with van der Waals surface area (Å²) in [5, 5.41) is 2.71. The van der Waals surface area contributed by atoms with Crippen molar-refractivity contribution in [3.8, 4) is 5.75 Å². The first-order valence-electron chi connectivity index (χ1n) is 7.87. The van der Waals surface area contributed by atoms with Crippen molar-refractivity contribution < 1.29 is 14.3 Å². The quantitative estimate of drug-likeness (QED) is 0.311. The summed E-state index contributed by atoms with van der Waals surface area (Å²) >= 11 is 5.31. The number of rotatable bonds is 5. The Balaban J connectivity index is 2.02. The molecule has 132 valence electrons. The van der Waals surface area contributed by atoms with Crippen LogP contribution in [-0.4, -0.2) is 28.4 Å². The third-order valence-corrected chi connectivity index (χ3v) is 4.16. The first-order valence-corrected chi connectivity index (χ1v) is 8.28.